The van der Waals surface area contributed by atoms with Crippen molar-refractivity contribution in [2.45, 2.75) is 24.8 Å². The smallest absolute Gasteiger partial charge is 0.139 e. The summed E-state index contributed by atoms with van der Waals surface area (Å²) in [4.78, 5) is -0.143. The average Bonchev–Trinajstić information content (AvgIpc) is 2.43. The fraction of sp³-hybridized carbons (Fsp3) is 0.250. The molecule has 0 fully saturated rings. The van der Waals surface area contributed by atoms with Gasteiger partial charge >= 0.3 is 0 Å². The van der Waals surface area contributed by atoms with Crippen LogP contribution < -0.4 is 5.73 Å². The van der Waals surface area contributed by atoms with Gasteiger partial charge < -0.3 is 5.73 Å². The van der Waals surface area contributed by atoms with E-state index in [0.29, 0.717) is 0 Å². The van der Waals surface area contributed by atoms with Gasteiger partial charge in [0.15, 0.2) is 0 Å². The number of halogens is 2. The van der Waals surface area contributed by atoms with Crippen LogP contribution in [0.25, 0.3) is 0 Å². The summed E-state index contributed by atoms with van der Waals surface area (Å²) >= 11 is 0. The van der Waals surface area contributed by atoms with Crippen LogP contribution in [-0.4, -0.2) is 9.96 Å². The van der Waals surface area contributed by atoms with Gasteiger partial charge in [-0.15, -0.1) is 0 Å². The second kappa shape index (κ2) is 6.45. The van der Waals surface area contributed by atoms with Crippen molar-refractivity contribution in [2.75, 3.05) is 5.75 Å². The summed E-state index contributed by atoms with van der Waals surface area (Å²) in [6, 6.07) is 8.28. The summed E-state index contributed by atoms with van der Waals surface area (Å²) in [7, 11) is -1.69. The van der Waals surface area contributed by atoms with Gasteiger partial charge in [0, 0.05) is 11.8 Å². The molecule has 0 amide bonds. The fourth-order valence-electron chi connectivity index (χ4n) is 2.15. The van der Waals surface area contributed by atoms with Crippen molar-refractivity contribution in [3.05, 3.63) is 64.7 Å². The number of aryl methyl sites for hydroxylation is 2. The summed E-state index contributed by atoms with van der Waals surface area (Å²) in [5.41, 5.74) is 9.00. The predicted octanol–water partition coefficient (Wildman–Crippen LogP) is 3.39. The van der Waals surface area contributed by atoms with Crippen LogP contribution in [0.4, 0.5) is 8.78 Å². The van der Waals surface area contributed by atoms with Crippen LogP contribution in [0.2, 0.25) is 0 Å². The molecule has 0 aliphatic carbocycles. The van der Waals surface area contributed by atoms with Gasteiger partial charge in [-0.2, -0.15) is 0 Å². The number of hydrogen-bond acceptors (Lipinski definition) is 2. The molecule has 0 aliphatic rings. The average molecular weight is 309 g/mol. The lowest BCUT2D eigenvalue weighted by molar-refractivity contribution is 0.571. The molecule has 0 aromatic heterocycles. The highest BCUT2D eigenvalue weighted by Gasteiger charge is 2.17. The maximum Gasteiger partial charge on any atom is 0.139 e. The van der Waals surface area contributed by atoms with Crippen LogP contribution in [-0.2, 0) is 10.8 Å². The minimum absolute atomic E-state index is 0.0463. The van der Waals surface area contributed by atoms with Gasteiger partial charge in [0.05, 0.1) is 15.7 Å². The second-order valence-corrected chi connectivity index (χ2v) is 6.52. The van der Waals surface area contributed by atoms with E-state index in [2.05, 4.69) is 0 Å². The first-order valence-corrected chi connectivity index (χ1v) is 7.86. The van der Waals surface area contributed by atoms with Gasteiger partial charge in [-0.25, -0.2) is 8.78 Å². The molecule has 0 heterocycles. The lowest BCUT2D eigenvalue weighted by atomic mass is 10.0. The van der Waals surface area contributed by atoms with E-state index in [4.69, 9.17) is 5.73 Å². The maximum absolute atomic E-state index is 13.6. The zero-order valence-corrected chi connectivity index (χ0v) is 12.7. The Kier molecular flexibility index (Phi) is 4.85. The summed E-state index contributed by atoms with van der Waals surface area (Å²) in [5, 5.41) is 0. The van der Waals surface area contributed by atoms with Crippen LogP contribution in [0.3, 0.4) is 0 Å². The molecule has 2 aromatic rings. The van der Waals surface area contributed by atoms with Gasteiger partial charge in [-0.05, 0) is 43.2 Å². The summed E-state index contributed by atoms with van der Waals surface area (Å²) in [6.45, 7) is 3.86. The molecular weight excluding hydrogens is 292 g/mol. The molecule has 5 heteroatoms. The summed E-state index contributed by atoms with van der Waals surface area (Å²) in [6.07, 6.45) is 0. The predicted molar refractivity (Wildman–Crippen MR) is 80.5 cm³/mol. The Morgan fingerprint density at radius 3 is 2.57 bits per heavy atom. The molecule has 0 bridgehead atoms. The molecule has 0 saturated carbocycles. The first-order valence-electron chi connectivity index (χ1n) is 6.54. The fourth-order valence-corrected chi connectivity index (χ4v) is 3.37. The second-order valence-electron chi connectivity index (χ2n) is 5.05. The van der Waals surface area contributed by atoms with Crippen LogP contribution in [0.1, 0.15) is 22.7 Å². The van der Waals surface area contributed by atoms with Crippen LogP contribution in [0, 0.1) is 25.5 Å². The van der Waals surface area contributed by atoms with Gasteiger partial charge in [0.2, 0.25) is 0 Å². The number of hydrogen-bond donors (Lipinski definition) is 1. The number of rotatable bonds is 4. The highest BCUT2D eigenvalue weighted by Crippen LogP contribution is 2.21. The standard InChI is InChI=1S/C16H17F2NOS/c1-10-3-4-11(2)13(7-10)15(19)9-21(20)16-8-12(17)5-6-14(16)18/h3-8,15H,9,19H2,1-2H3. The van der Waals surface area contributed by atoms with Crippen molar-refractivity contribution in [1.82, 2.24) is 0 Å². The molecule has 112 valence electrons. The van der Waals surface area contributed by atoms with Crippen LogP contribution in [0.15, 0.2) is 41.3 Å². The molecule has 0 aliphatic heterocycles. The first kappa shape index (κ1) is 15.8. The molecule has 2 N–H and O–H groups in total. The summed E-state index contributed by atoms with van der Waals surface area (Å²) in [5.74, 6) is -1.24. The SMILES string of the molecule is Cc1ccc(C)c(C(N)CS(=O)c2cc(F)ccc2F)c1. The maximum atomic E-state index is 13.6. The zero-order chi connectivity index (χ0) is 15.6. The van der Waals surface area contributed by atoms with Crippen LogP contribution in [0.5, 0.6) is 0 Å². The number of benzene rings is 2. The van der Waals surface area contributed by atoms with E-state index in [9.17, 15) is 13.0 Å². The van der Waals surface area contributed by atoms with Crippen molar-refractivity contribution in [2.24, 2.45) is 5.73 Å². The molecule has 2 aromatic carbocycles. The Bertz CT molecular complexity index is 688. The van der Waals surface area contributed by atoms with E-state index < -0.39 is 28.5 Å². The lowest BCUT2D eigenvalue weighted by Gasteiger charge is -2.15. The summed E-state index contributed by atoms with van der Waals surface area (Å²) < 4.78 is 39.0. The topological polar surface area (TPSA) is 43.1 Å². The normalized spacial score (nSPS) is 14.0. The quantitative estimate of drug-likeness (QED) is 0.941. The third-order valence-corrected chi connectivity index (χ3v) is 4.77. The van der Waals surface area contributed by atoms with E-state index in [-0.39, 0.29) is 10.6 Å². The Hall–Kier alpha value is -1.59. The van der Waals surface area contributed by atoms with E-state index in [1.165, 1.54) is 0 Å². The van der Waals surface area contributed by atoms with E-state index in [1.54, 1.807) is 0 Å². The van der Waals surface area contributed by atoms with E-state index in [1.807, 2.05) is 32.0 Å². The molecule has 0 saturated heterocycles. The Morgan fingerprint density at radius 2 is 1.86 bits per heavy atom. The first-order chi connectivity index (χ1) is 9.88. The molecule has 2 atom stereocenters. The molecule has 2 unspecified atom stereocenters. The Labute approximate surface area is 125 Å². The third-order valence-electron chi connectivity index (χ3n) is 3.30. The van der Waals surface area contributed by atoms with Gasteiger partial charge in [0.1, 0.15) is 11.6 Å². The van der Waals surface area contributed by atoms with E-state index >= 15 is 0 Å². The lowest BCUT2D eigenvalue weighted by Crippen LogP contribution is -2.20. The molecule has 0 radical (unpaired) electrons. The van der Waals surface area contributed by atoms with Gasteiger partial charge in [-0.1, -0.05) is 23.8 Å². The zero-order valence-electron chi connectivity index (χ0n) is 11.9. The molecular formula is C16H17F2NOS. The van der Waals surface area contributed by atoms with Gasteiger partial charge in [-0.3, -0.25) is 4.21 Å². The monoisotopic (exact) mass is 309 g/mol. The minimum atomic E-state index is -1.69. The third kappa shape index (κ3) is 3.74. The highest BCUT2D eigenvalue weighted by molar-refractivity contribution is 7.85. The molecule has 2 rings (SSSR count). The van der Waals surface area contributed by atoms with Crippen LogP contribution >= 0.6 is 0 Å². The van der Waals surface area contributed by atoms with E-state index in [0.717, 1.165) is 34.9 Å². The Balaban J connectivity index is 2.23. The molecule has 0 spiro atoms. The molecule has 21 heavy (non-hydrogen) atoms. The van der Waals surface area contributed by atoms with Crippen molar-refractivity contribution < 1.29 is 13.0 Å². The largest absolute Gasteiger partial charge is 0.323 e. The minimum Gasteiger partial charge on any atom is -0.323 e. The highest BCUT2D eigenvalue weighted by atomic mass is 32.2. The van der Waals surface area contributed by atoms with Gasteiger partial charge in [0.25, 0.3) is 0 Å². The van der Waals surface area contributed by atoms with Crippen molar-refractivity contribution in [1.29, 1.82) is 0 Å². The molecule has 2 nitrogen and oxygen atoms in total. The van der Waals surface area contributed by atoms with Crippen molar-refractivity contribution >= 4 is 10.8 Å². The Morgan fingerprint density at radius 1 is 1.14 bits per heavy atom. The van der Waals surface area contributed by atoms with Crippen molar-refractivity contribution in [3.63, 3.8) is 0 Å². The number of nitrogens with two attached hydrogens (primary N) is 1. The van der Waals surface area contributed by atoms with Crippen molar-refractivity contribution in [3.8, 4) is 0 Å².